The number of aryl methyl sites for hydroxylation is 1. The molecule has 8 heteroatoms. The molecule has 0 aliphatic heterocycles. The lowest BCUT2D eigenvalue weighted by molar-refractivity contribution is 0.104. The van der Waals surface area contributed by atoms with E-state index in [0.717, 1.165) is 16.9 Å². The maximum atomic E-state index is 13.6. The minimum atomic E-state index is -4.02. The van der Waals surface area contributed by atoms with Crippen molar-refractivity contribution in [3.8, 4) is 0 Å². The van der Waals surface area contributed by atoms with Crippen molar-refractivity contribution in [3.63, 3.8) is 0 Å². The highest BCUT2D eigenvalue weighted by atomic mass is 35.5. The van der Waals surface area contributed by atoms with Crippen LogP contribution in [0.5, 0.6) is 0 Å². The number of hydrogen-bond donors (Lipinski definition) is 2. The highest BCUT2D eigenvalue weighted by molar-refractivity contribution is 7.92. The van der Waals surface area contributed by atoms with Gasteiger partial charge in [0.15, 0.2) is 0 Å². The summed E-state index contributed by atoms with van der Waals surface area (Å²) in [5.41, 5.74) is 8.10. The highest BCUT2D eigenvalue weighted by Gasteiger charge is 2.31. The number of ketones is 1. The maximum Gasteiger partial charge on any atom is 0.211 e. The summed E-state index contributed by atoms with van der Waals surface area (Å²) in [4.78, 5) is 13.2. The van der Waals surface area contributed by atoms with E-state index in [9.17, 15) is 13.2 Å². The van der Waals surface area contributed by atoms with Gasteiger partial charge in [-0.25, -0.2) is 8.42 Å². The van der Waals surface area contributed by atoms with Crippen LogP contribution in [0.25, 0.3) is 0 Å². The fourth-order valence-electron chi connectivity index (χ4n) is 3.19. The normalized spacial score (nSPS) is 11.3. The van der Waals surface area contributed by atoms with Gasteiger partial charge in [0.1, 0.15) is 14.8 Å². The minimum Gasteiger partial charge on any atom is -0.396 e. The molecule has 162 valence electrons. The quantitative estimate of drug-likeness (QED) is 0.324. The van der Waals surface area contributed by atoms with Crippen LogP contribution in [0.4, 0.5) is 16.4 Å². The first-order chi connectivity index (χ1) is 15.3. The summed E-state index contributed by atoms with van der Waals surface area (Å²) in [6.07, 6.45) is 0. The third-order valence-corrected chi connectivity index (χ3v) is 8.30. The number of benzene rings is 3. The van der Waals surface area contributed by atoms with Gasteiger partial charge in [0.2, 0.25) is 15.6 Å². The lowest BCUT2D eigenvalue weighted by Gasteiger charge is -2.11. The fourth-order valence-corrected chi connectivity index (χ4v) is 6.30. The van der Waals surface area contributed by atoms with E-state index in [-0.39, 0.29) is 31.1 Å². The number of nitrogen functional groups attached to an aromatic ring is 1. The molecule has 0 spiro atoms. The molecule has 4 aromatic rings. The molecule has 0 saturated heterocycles. The zero-order valence-corrected chi connectivity index (χ0v) is 19.4. The Balaban J connectivity index is 1.90. The summed E-state index contributed by atoms with van der Waals surface area (Å²) in [7, 11) is -4.02. The van der Waals surface area contributed by atoms with Crippen LogP contribution in [-0.4, -0.2) is 14.2 Å². The summed E-state index contributed by atoms with van der Waals surface area (Å²) < 4.78 is 27.2. The van der Waals surface area contributed by atoms with Crippen molar-refractivity contribution in [3.05, 3.63) is 99.9 Å². The zero-order valence-electron chi connectivity index (χ0n) is 17.0. The van der Waals surface area contributed by atoms with Gasteiger partial charge in [0.25, 0.3) is 0 Å². The average molecular weight is 483 g/mol. The van der Waals surface area contributed by atoms with E-state index in [0.29, 0.717) is 16.3 Å². The van der Waals surface area contributed by atoms with Crippen molar-refractivity contribution in [2.75, 3.05) is 11.1 Å². The van der Waals surface area contributed by atoms with Crippen LogP contribution in [0.1, 0.15) is 20.8 Å². The van der Waals surface area contributed by atoms with Crippen molar-refractivity contribution in [1.82, 2.24) is 0 Å². The van der Waals surface area contributed by atoms with E-state index in [1.807, 2.05) is 6.92 Å². The maximum absolute atomic E-state index is 13.6. The molecule has 5 nitrogen and oxygen atoms in total. The number of rotatable bonds is 6. The number of hydrogen-bond acceptors (Lipinski definition) is 6. The Kier molecular flexibility index (Phi) is 6.06. The first-order valence-electron chi connectivity index (χ1n) is 9.64. The van der Waals surface area contributed by atoms with Gasteiger partial charge in [-0.05, 0) is 31.2 Å². The number of nitrogens with one attached hydrogen (secondary N) is 1. The molecule has 0 aliphatic carbocycles. The second-order valence-electron chi connectivity index (χ2n) is 7.12. The first kappa shape index (κ1) is 22.1. The van der Waals surface area contributed by atoms with E-state index >= 15 is 0 Å². The molecule has 3 aromatic carbocycles. The molecule has 0 unspecified atom stereocenters. The Hall–Kier alpha value is -3.13. The van der Waals surface area contributed by atoms with Crippen molar-refractivity contribution in [1.29, 1.82) is 0 Å². The molecule has 4 rings (SSSR count). The Morgan fingerprint density at radius 2 is 1.56 bits per heavy atom. The van der Waals surface area contributed by atoms with Crippen LogP contribution in [0.15, 0.2) is 88.7 Å². The van der Waals surface area contributed by atoms with E-state index in [1.54, 1.807) is 66.7 Å². The molecule has 0 saturated carbocycles. The molecule has 0 atom stereocenters. The van der Waals surface area contributed by atoms with Crippen LogP contribution >= 0.6 is 22.9 Å². The smallest absolute Gasteiger partial charge is 0.211 e. The van der Waals surface area contributed by atoms with Gasteiger partial charge in [-0.15, -0.1) is 11.3 Å². The number of anilines is 3. The fraction of sp³-hybridized carbons (Fsp3) is 0.0417. The number of sulfone groups is 1. The molecular weight excluding hydrogens is 464 g/mol. The number of carbonyl (C=O) groups is 1. The van der Waals surface area contributed by atoms with E-state index in [4.69, 9.17) is 17.3 Å². The van der Waals surface area contributed by atoms with Crippen LogP contribution in [0.3, 0.4) is 0 Å². The molecule has 32 heavy (non-hydrogen) atoms. The first-order valence-corrected chi connectivity index (χ1v) is 12.3. The van der Waals surface area contributed by atoms with E-state index in [1.165, 1.54) is 12.1 Å². The third-order valence-electron chi connectivity index (χ3n) is 4.86. The molecule has 1 aromatic heterocycles. The summed E-state index contributed by atoms with van der Waals surface area (Å²) in [6, 6.07) is 22.0. The zero-order chi connectivity index (χ0) is 22.9. The molecule has 1 heterocycles. The average Bonchev–Trinajstić information content (AvgIpc) is 3.12. The molecule has 0 amide bonds. The lowest BCUT2D eigenvalue weighted by atomic mass is 10.1. The van der Waals surface area contributed by atoms with Gasteiger partial charge in [-0.3, -0.25) is 4.79 Å². The Bertz CT molecular complexity index is 1400. The molecule has 0 fully saturated rings. The van der Waals surface area contributed by atoms with Gasteiger partial charge < -0.3 is 11.1 Å². The van der Waals surface area contributed by atoms with Crippen LogP contribution < -0.4 is 11.1 Å². The van der Waals surface area contributed by atoms with E-state index < -0.39 is 9.84 Å². The second-order valence-corrected chi connectivity index (χ2v) is 10.4. The molecule has 0 bridgehead atoms. The van der Waals surface area contributed by atoms with Gasteiger partial charge in [0.05, 0.1) is 21.3 Å². The summed E-state index contributed by atoms with van der Waals surface area (Å²) >= 11 is 7.27. The molecular formula is C24H19ClN2O3S2. The summed E-state index contributed by atoms with van der Waals surface area (Å²) in [5, 5.41) is 3.71. The monoisotopic (exact) mass is 482 g/mol. The summed E-state index contributed by atoms with van der Waals surface area (Å²) in [5.74, 6) is -0.347. The Morgan fingerprint density at radius 3 is 2.22 bits per heavy atom. The minimum absolute atomic E-state index is 0.0843. The Morgan fingerprint density at radius 1 is 0.938 bits per heavy atom. The second kappa shape index (κ2) is 8.78. The molecule has 0 radical (unpaired) electrons. The standard InChI is InChI=1S/C24H19ClN2O3S2/c1-15-11-13-17(14-12-15)32(29,30)23-20(26)22(21(28)16-7-3-2-4-8-16)31-24(23)27-19-10-6-5-9-18(19)25/h2-14,27H,26H2,1H3. The molecule has 0 aliphatic rings. The van der Waals surface area contributed by atoms with E-state index in [2.05, 4.69) is 5.32 Å². The van der Waals surface area contributed by atoms with Gasteiger partial charge in [0, 0.05) is 5.56 Å². The Labute approximate surface area is 195 Å². The predicted molar refractivity (Wildman–Crippen MR) is 130 cm³/mol. The van der Waals surface area contributed by atoms with Crippen molar-refractivity contribution in [2.24, 2.45) is 0 Å². The topological polar surface area (TPSA) is 89.3 Å². The van der Waals surface area contributed by atoms with Crippen LogP contribution in [0, 0.1) is 6.92 Å². The van der Waals surface area contributed by atoms with Gasteiger partial charge in [-0.1, -0.05) is 71.8 Å². The van der Waals surface area contributed by atoms with Gasteiger partial charge >= 0.3 is 0 Å². The number of para-hydroxylation sites is 1. The van der Waals surface area contributed by atoms with Crippen molar-refractivity contribution in [2.45, 2.75) is 16.7 Å². The van der Waals surface area contributed by atoms with Gasteiger partial charge in [-0.2, -0.15) is 0 Å². The third kappa shape index (κ3) is 4.14. The van der Waals surface area contributed by atoms with Crippen LogP contribution in [0.2, 0.25) is 5.02 Å². The lowest BCUT2D eigenvalue weighted by Crippen LogP contribution is -2.08. The van der Waals surface area contributed by atoms with Crippen molar-refractivity contribution >= 4 is 54.9 Å². The number of halogens is 1. The van der Waals surface area contributed by atoms with Crippen molar-refractivity contribution < 1.29 is 13.2 Å². The number of nitrogens with two attached hydrogens (primary N) is 1. The number of carbonyl (C=O) groups excluding carboxylic acids is 1. The SMILES string of the molecule is Cc1ccc(S(=O)(=O)c2c(Nc3ccccc3Cl)sc(C(=O)c3ccccc3)c2N)cc1. The number of thiophene rings is 1. The van der Waals surface area contributed by atoms with Crippen LogP contribution in [-0.2, 0) is 9.84 Å². The molecule has 3 N–H and O–H groups in total. The largest absolute Gasteiger partial charge is 0.396 e. The predicted octanol–water partition coefficient (Wildman–Crippen LogP) is 6.10. The highest BCUT2D eigenvalue weighted by Crippen LogP contribution is 2.44. The summed E-state index contributed by atoms with van der Waals surface area (Å²) in [6.45, 7) is 1.87.